The number of hydrogen-bond acceptors (Lipinski definition) is 5. The van der Waals surface area contributed by atoms with Crippen LogP contribution in [0.3, 0.4) is 0 Å². The quantitative estimate of drug-likeness (QED) is 0.654. The summed E-state index contributed by atoms with van der Waals surface area (Å²) in [5, 5.41) is 11.5. The molecule has 0 radical (unpaired) electrons. The van der Waals surface area contributed by atoms with Crippen LogP contribution in [0.15, 0.2) is 48.9 Å². The third-order valence-electron chi connectivity index (χ3n) is 3.45. The van der Waals surface area contributed by atoms with Crippen molar-refractivity contribution in [3.63, 3.8) is 0 Å². The SMILES string of the molecule is CCOCn1cc(NC(=O)c2ccnn2COc2ccccc2Cl)cn1. The van der Waals surface area contributed by atoms with E-state index < -0.39 is 0 Å². The van der Waals surface area contributed by atoms with E-state index in [0.717, 1.165) is 0 Å². The van der Waals surface area contributed by atoms with Gasteiger partial charge in [0.25, 0.3) is 5.91 Å². The average Bonchev–Trinajstić information content (AvgIpc) is 3.28. The second kappa shape index (κ2) is 8.50. The number of amides is 1. The van der Waals surface area contributed by atoms with E-state index >= 15 is 0 Å². The summed E-state index contributed by atoms with van der Waals surface area (Å²) < 4.78 is 13.9. The predicted octanol–water partition coefficient (Wildman–Crippen LogP) is 3.02. The summed E-state index contributed by atoms with van der Waals surface area (Å²) in [6.45, 7) is 2.88. The van der Waals surface area contributed by atoms with E-state index in [1.54, 1.807) is 35.3 Å². The molecule has 2 heterocycles. The van der Waals surface area contributed by atoms with Gasteiger partial charge < -0.3 is 14.8 Å². The van der Waals surface area contributed by atoms with E-state index in [-0.39, 0.29) is 12.6 Å². The van der Waals surface area contributed by atoms with Crippen molar-refractivity contribution in [2.24, 2.45) is 0 Å². The van der Waals surface area contributed by atoms with Gasteiger partial charge in [-0.25, -0.2) is 9.36 Å². The van der Waals surface area contributed by atoms with Crippen LogP contribution in [0.25, 0.3) is 0 Å². The van der Waals surface area contributed by atoms with Crippen LogP contribution < -0.4 is 10.1 Å². The summed E-state index contributed by atoms with van der Waals surface area (Å²) >= 11 is 6.06. The molecule has 0 fully saturated rings. The fourth-order valence-electron chi connectivity index (χ4n) is 2.20. The fourth-order valence-corrected chi connectivity index (χ4v) is 2.39. The van der Waals surface area contributed by atoms with E-state index in [2.05, 4.69) is 15.5 Å². The number of aromatic nitrogens is 4. The molecule has 0 aliphatic rings. The van der Waals surface area contributed by atoms with Crippen LogP contribution in [0.5, 0.6) is 5.75 Å². The number of para-hydroxylation sites is 1. The van der Waals surface area contributed by atoms with Gasteiger partial charge in [0, 0.05) is 12.8 Å². The number of nitrogens with zero attached hydrogens (tertiary/aromatic N) is 4. The smallest absolute Gasteiger partial charge is 0.274 e. The van der Waals surface area contributed by atoms with Crippen molar-refractivity contribution >= 4 is 23.2 Å². The molecule has 0 aliphatic carbocycles. The number of nitrogens with one attached hydrogen (secondary N) is 1. The first-order valence-electron chi connectivity index (χ1n) is 7.98. The highest BCUT2D eigenvalue weighted by molar-refractivity contribution is 6.32. The number of anilines is 1. The summed E-state index contributed by atoms with van der Waals surface area (Å²) in [4.78, 5) is 12.5. The van der Waals surface area contributed by atoms with Gasteiger partial charge in [-0.2, -0.15) is 10.2 Å². The summed E-state index contributed by atoms with van der Waals surface area (Å²) in [5.74, 6) is 0.203. The standard InChI is InChI=1S/C17H18ClN5O3/c1-2-25-11-22-10-13(9-20-22)21-17(24)15-7-8-19-23(15)12-26-16-6-4-3-5-14(16)18/h3-10H,2,11-12H2,1H3,(H,21,24). The lowest BCUT2D eigenvalue weighted by atomic mass is 10.3. The molecule has 0 spiro atoms. The molecule has 0 unspecified atom stereocenters. The van der Waals surface area contributed by atoms with E-state index in [1.165, 1.54) is 10.9 Å². The maximum absolute atomic E-state index is 12.5. The van der Waals surface area contributed by atoms with E-state index in [9.17, 15) is 4.79 Å². The molecule has 0 aliphatic heterocycles. The van der Waals surface area contributed by atoms with Gasteiger partial charge in [0.15, 0.2) is 6.73 Å². The zero-order chi connectivity index (χ0) is 18.4. The highest BCUT2D eigenvalue weighted by Crippen LogP contribution is 2.23. The molecule has 26 heavy (non-hydrogen) atoms. The first-order chi connectivity index (χ1) is 12.7. The summed E-state index contributed by atoms with van der Waals surface area (Å²) in [7, 11) is 0. The Kier molecular flexibility index (Phi) is 5.88. The van der Waals surface area contributed by atoms with E-state index in [4.69, 9.17) is 21.1 Å². The zero-order valence-corrected chi connectivity index (χ0v) is 14.9. The maximum Gasteiger partial charge on any atom is 0.274 e. The van der Waals surface area contributed by atoms with Crippen LogP contribution in [-0.4, -0.2) is 32.1 Å². The number of ether oxygens (including phenoxy) is 2. The Bertz CT molecular complexity index is 877. The van der Waals surface area contributed by atoms with Crippen molar-refractivity contribution in [3.05, 3.63) is 59.6 Å². The average molecular weight is 376 g/mol. The molecule has 2 aromatic heterocycles. The van der Waals surface area contributed by atoms with Crippen LogP contribution in [0, 0.1) is 0 Å². The van der Waals surface area contributed by atoms with Crippen LogP contribution in [0.2, 0.25) is 5.02 Å². The minimum absolute atomic E-state index is 0.0586. The second-order valence-corrected chi connectivity index (χ2v) is 5.67. The number of carbonyl (C=O) groups excluding carboxylic acids is 1. The number of benzene rings is 1. The Balaban J connectivity index is 1.63. The highest BCUT2D eigenvalue weighted by atomic mass is 35.5. The van der Waals surface area contributed by atoms with Crippen LogP contribution in [0.4, 0.5) is 5.69 Å². The second-order valence-electron chi connectivity index (χ2n) is 5.26. The van der Waals surface area contributed by atoms with Crippen molar-refractivity contribution in [2.75, 3.05) is 11.9 Å². The van der Waals surface area contributed by atoms with Crippen molar-refractivity contribution in [1.82, 2.24) is 19.6 Å². The Morgan fingerprint density at radius 3 is 2.88 bits per heavy atom. The van der Waals surface area contributed by atoms with Gasteiger partial charge in [0.05, 0.1) is 23.1 Å². The number of carbonyl (C=O) groups is 1. The lowest BCUT2D eigenvalue weighted by Crippen LogP contribution is -2.19. The van der Waals surface area contributed by atoms with Gasteiger partial charge in [-0.1, -0.05) is 23.7 Å². The lowest BCUT2D eigenvalue weighted by Gasteiger charge is -2.10. The number of halogens is 1. The van der Waals surface area contributed by atoms with Gasteiger partial charge in [-0.05, 0) is 25.1 Å². The van der Waals surface area contributed by atoms with Gasteiger partial charge in [0.2, 0.25) is 0 Å². The third kappa shape index (κ3) is 4.41. The third-order valence-corrected chi connectivity index (χ3v) is 3.76. The molecule has 136 valence electrons. The Morgan fingerprint density at radius 1 is 1.23 bits per heavy atom. The molecule has 1 amide bonds. The molecule has 3 rings (SSSR count). The molecular formula is C17H18ClN5O3. The number of rotatable bonds is 8. The van der Waals surface area contributed by atoms with Crippen molar-refractivity contribution in [1.29, 1.82) is 0 Å². The molecule has 1 aromatic carbocycles. The van der Waals surface area contributed by atoms with Gasteiger partial charge in [-0.3, -0.25) is 4.79 Å². The van der Waals surface area contributed by atoms with Gasteiger partial charge in [-0.15, -0.1) is 0 Å². The Morgan fingerprint density at radius 2 is 2.08 bits per heavy atom. The molecule has 8 nitrogen and oxygen atoms in total. The first-order valence-corrected chi connectivity index (χ1v) is 8.36. The van der Waals surface area contributed by atoms with E-state index in [1.807, 2.05) is 19.1 Å². The largest absolute Gasteiger partial charge is 0.470 e. The Hall–Kier alpha value is -2.84. The van der Waals surface area contributed by atoms with Gasteiger partial charge in [0.1, 0.15) is 18.2 Å². The minimum atomic E-state index is -0.318. The molecule has 0 atom stereocenters. The highest BCUT2D eigenvalue weighted by Gasteiger charge is 2.14. The fraction of sp³-hybridized carbons (Fsp3) is 0.235. The van der Waals surface area contributed by atoms with Crippen molar-refractivity contribution in [3.8, 4) is 5.75 Å². The normalized spacial score (nSPS) is 10.7. The van der Waals surface area contributed by atoms with Crippen LogP contribution >= 0.6 is 11.6 Å². The maximum atomic E-state index is 12.5. The molecule has 0 bridgehead atoms. The van der Waals surface area contributed by atoms with Crippen LogP contribution in [-0.2, 0) is 18.2 Å². The number of hydrogen-bond donors (Lipinski definition) is 1. The predicted molar refractivity (Wildman–Crippen MR) is 96.1 cm³/mol. The summed E-state index contributed by atoms with van der Waals surface area (Å²) in [6, 6.07) is 8.72. The molecule has 1 N–H and O–H groups in total. The monoisotopic (exact) mass is 375 g/mol. The van der Waals surface area contributed by atoms with E-state index in [0.29, 0.717) is 35.5 Å². The lowest BCUT2D eigenvalue weighted by molar-refractivity contribution is 0.0792. The summed E-state index contributed by atoms with van der Waals surface area (Å²) in [6.07, 6.45) is 4.77. The van der Waals surface area contributed by atoms with Crippen LogP contribution in [0.1, 0.15) is 17.4 Å². The summed E-state index contributed by atoms with van der Waals surface area (Å²) in [5.41, 5.74) is 0.920. The van der Waals surface area contributed by atoms with Crippen molar-refractivity contribution < 1.29 is 14.3 Å². The first kappa shape index (κ1) is 18.0. The van der Waals surface area contributed by atoms with Gasteiger partial charge >= 0.3 is 0 Å². The zero-order valence-electron chi connectivity index (χ0n) is 14.1. The molecule has 9 heteroatoms. The molecule has 0 saturated heterocycles. The molecular weight excluding hydrogens is 358 g/mol. The Labute approximate surface area is 155 Å². The minimum Gasteiger partial charge on any atom is -0.470 e. The molecule has 3 aromatic rings. The molecule has 0 saturated carbocycles. The topological polar surface area (TPSA) is 83.2 Å². The van der Waals surface area contributed by atoms with Crippen molar-refractivity contribution in [2.45, 2.75) is 20.4 Å².